The zero-order valence-electron chi connectivity index (χ0n) is 21.6. The summed E-state index contributed by atoms with van der Waals surface area (Å²) in [6.45, 7) is 0. The number of hydrogen-bond acceptors (Lipinski definition) is 4. The largest absolute Gasteiger partial charge is 0.416 e. The molecule has 0 fully saturated rings. The molecule has 0 aliphatic heterocycles. The molecule has 2 unspecified atom stereocenters. The van der Waals surface area contributed by atoms with Gasteiger partial charge >= 0.3 is 12.4 Å². The fourth-order valence-corrected chi connectivity index (χ4v) is 5.37. The van der Waals surface area contributed by atoms with E-state index in [4.69, 9.17) is 5.73 Å². The molecular formula is C30H22F6N4O2. The van der Waals surface area contributed by atoms with Gasteiger partial charge in [0.05, 0.1) is 11.1 Å². The van der Waals surface area contributed by atoms with Gasteiger partial charge in [0.15, 0.2) is 0 Å². The van der Waals surface area contributed by atoms with Gasteiger partial charge in [0, 0.05) is 24.0 Å². The minimum absolute atomic E-state index is 0.0367. The first-order valence-corrected chi connectivity index (χ1v) is 12.7. The van der Waals surface area contributed by atoms with Crippen molar-refractivity contribution in [1.82, 2.24) is 9.97 Å². The van der Waals surface area contributed by atoms with Crippen LogP contribution in [0.3, 0.4) is 0 Å². The monoisotopic (exact) mass is 584 g/mol. The van der Waals surface area contributed by atoms with Gasteiger partial charge in [-0.05, 0) is 71.3 Å². The molecule has 4 aromatic rings. The molecular weight excluding hydrogens is 562 g/mol. The highest BCUT2D eigenvalue weighted by Gasteiger charge is 2.38. The fourth-order valence-electron chi connectivity index (χ4n) is 5.37. The fraction of sp³-hybridized carbons (Fsp3) is 0.200. The van der Waals surface area contributed by atoms with Crippen LogP contribution in [0.5, 0.6) is 0 Å². The summed E-state index contributed by atoms with van der Waals surface area (Å²) in [4.78, 5) is 33.9. The zero-order valence-corrected chi connectivity index (χ0v) is 21.6. The highest BCUT2D eigenvalue weighted by molar-refractivity contribution is 6.05. The molecule has 1 aliphatic rings. The highest BCUT2D eigenvalue weighted by atomic mass is 19.4. The van der Waals surface area contributed by atoms with Crippen LogP contribution >= 0.6 is 0 Å². The van der Waals surface area contributed by atoms with Crippen LogP contribution in [0.2, 0.25) is 0 Å². The standard InChI is InChI=1S/C30H22F6N4O2/c31-29(32,33)18-12-19(30(34,35)36)14-20(13-18)39-28(42)26-23(9-10-24(40-26)27(37)41)22-8-7-16-4-1-2-6-21(16)25(22)17-5-3-11-38-15-17/h1-6,9-15,22,25H,7-8H2,(H2,37,41)(H,39,42). The summed E-state index contributed by atoms with van der Waals surface area (Å²) in [7, 11) is 0. The molecule has 216 valence electrons. The third kappa shape index (κ3) is 5.83. The molecule has 2 aromatic heterocycles. The Kier molecular flexibility index (Phi) is 7.48. The molecule has 0 saturated heterocycles. The number of nitrogens with zero attached hydrogens (tertiary/aromatic N) is 2. The van der Waals surface area contributed by atoms with Crippen molar-refractivity contribution < 1.29 is 35.9 Å². The number of amides is 2. The predicted octanol–water partition coefficient (Wildman–Crippen LogP) is 6.73. The maximum absolute atomic E-state index is 13.6. The Morgan fingerprint density at radius 3 is 2.17 bits per heavy atom. The number of fused-ring (bicyclic) bond motifs is 1. The maximum Gasteiger partial charge on any atom is 0.416 e. The molecule has 12 heteroatoms. The molecule has 2 heterocycles. The summed E-state index contributed by atoms with van der Waals surface area (Å²) in [5.74, 6) is -2.79. The van der Waals surface area contributed by atoms with Crippen LogP contribution in [-0.4, -0.2) is 21.8 Å². The average molecular weight is 585 g/mol. The van der Waals surface area contributed by atoms with Crippen molar-refractivity contribution in [2.24, 2.45) is 5.73 Å². The number of nitrogens with two attached hydrogens (primary N) is 1. The third-order valence-corrected chi connectivity index (χ3v) is 7.20. The van der Waals surface area contributed by atoms with E-state index in [1.807, 2.05) is 30.3 Å². The van der Waals surface area contributed by atoms with Crippen molar-refractivity contribution in [3.63, 3.8) is 0 Å². The molecule has 5 rings (SSSR count). The van der Waals surface area contributed by atoms with Crippen molar-refractivity contribution in [2.45, 2.75) is 37.0 Å². The Balaban J connectivity index is 1.62. The third-order valence-electron chi connectivity index (χ3n) is 7.20. The minimum Gasteiger partial charge on any atom is -0.364 e. The highest BCUT2D eigenvalue weighted by Crippen LogP contribution is 2.47. The van der Waals surface area contributed by atoms with E-state index >= 15 is 0 Å². The lowest BCUT2D eigenvalue weighted by Gasteiger charge is -2.35. The molecule has 1 aliphatic carbocycles. The summed E-state index contributed by atoms with van der Waals surface area (Å²) >= 11 is 0. The molecule has 2 atom stereocenters. The normalized spacial score (nSPS) is 16.9. The summed E-state index contributed by atoms with van der Waals surface area (Å²) in [6, 6.07) is 15.0. The SMILES string of the molecule is NC(=O)c1ccc(C2CCc3ccccc3C2c2cccnc2)c(C(=O)Nc2cc(C(F)(F)F)cc(C(F)(F)F)c2)n1. The topological polar surface area (TPSA) is 98.0 Å². The Morgan fingerprint density at radius 2 is 1.55 bits per heavy atom. The van der Waals surface area contributed by atoms with Gasteiger partial charge < -0.3 is 11.1 Å². The van der Waals surface area contributed by atoms with Crippen LogP contribution < -0.4 is 11.1 Å². The van der Waals surface area contributed by atoms with Crippen molar-refractivity contribution in [3.05, 3.63) is 124 Å². The van der Waals surface area contributed by atoms with Gasteiger partial charge in [-0.1, -0.05) is 36.4 Å². The predicted molar refractivity (Wildman–Crippen MR) is 141 cm³/mol. The Bertz CT molecular complexity index is 1620. The van der Waals surface area contributed by atoms with Crippen molar-refractivity contribution in [3.8, 4) is 0 Å². The molecule has 42 heavy (non-hydrogen) atoms. The smallest absolute Gasteiger partial charge is 0.364 e. The second kappa shape index (κ2) is 10.9. The van der Waals surface area contributed by atoms with Crippen molar-refractivity contribution in [2.75, 3.05) is 5.32 Å². The van der Waals surface area contributed by atoms with E-state index in [1.165, 1.54) is 12.1 Å². The van der Waals surface area contributed by atoms with E-state index in [0.29, 0.717) is 30.5 Å². The summed E-state index contributed by atoms with van der Waals surface area (Å²) < 4.78 is 80.5. The zero-order chi connectivity index (χ0) is 30.2. The molecule has 0 saturated carbocycles. The van der Waals surface area contributed by atoms with E-state index in [0.717, 1.165) is 16.7 Å². The quantitative estimate of drug-likeness (QED) is 0.254. The number of nitrogens with one attached hydrogen (secondary N) is 1. The van der Waals surface area contributed by atoms with Gasteiger partial charge in [0.1, 0.15) is 11.4 Å². The number of halogens is 6. The van der Waals surface area contributed by atoms with Gasteiger partial charge in [-0.25, -0.2) is 4.98 Å². The molecule has 0 spiro atoms. The summed E-state index contributed by atoms with van der Waals surface area (Å²) in [5.41, 5.74) is 4.07. The Labute approximate surface area is 235 Å². The molecule has 2 amide bonds. The van der Waals surface area contributed by atoms with Crippen LogP contribution in [0, 0.1) is 0 Å². The van der Waals surface area contributed by atoms with Gasteiger partial charge in [-0.2, -0.15) is 26.3 Å². The van der Waals surface area contributed by atoms with Gasteiger partial charge in [-0.3, -0.25) is 14.6 Å². The van der Waals surface area contributed by atoms with Crippen LogP contribution in [0.4, 0.5) is 32.0 Å². The van der Waals surface area contributed by atoms with E-state index in [-0.39, 0.29) is 23.4 Å². The lowest BCUT2D eigenvalue weighted by molar-refractivity contribution is -0.143. The van der Waals surface area contributed by atoms with Crippen LogP contribution in [0.1, 0.15) is 72.6 Å². The summed E-state index contributed by atoms with van der Waals surface area (Å²) in [5, 5.41) is 2.14. The van der Waals surface area contributed by atoms with Crippen LogP contribution in [0.15, 0.2) is 79.1 Å². The number of anilines is 1. The van der Waals surface area contributed by atoms with Gasteiger partial charge in [0.2, 0.25) is 0 Å². The van der Waals surface area contributed by atoms with Crippen molar-refractivity contribution in [1.29, 1.82) is 0 Å². The van der Waals surface area contributed by atoms with E-state index < -0.39 is 46.9 Å². The number of hydrogen-bond donors (Lipinski definition) is 2. The number of carbonyl (C=O) groups is 2. The number of pyridine rings is 2. The number of aromatic nitrogens is 2. The number of benzene rings is 2. The molecule has 0 bridgehead atoms. The number of carbonyl (C=O) groups excluding carboxylic acids is 2. The number of primary amides is 1. The lowest BCUT2D eigenvalue weighted by Crippen LogP contribution is -2.26. The van der Waals surface area contributed by atoms with E-state index in [1.54, 1.807) is 18.5 Å². The number of rotatable bonds is 5. The minimum atomic E-state index is -5.11. The first-order chi connectivity index (χ1) is 19.8. The molecule has 0 radical (unpaired) electrons. The first kappa shape index (κ1) is 28.8. The lowest BCUT2D eigenvalue weighted by atomic mass is 9.69. The van der Waals surface area contributed by atoms with Crippen LogP contribution in [0.25, 0.3) is 0 Å². The van der Waals surface area contributed by atoms with E-state index in [2.05, 4.69) is 15.3 Å². The molecule has 6 nitrogen and oxygen atoms in total. The number of aryl methyl sites for hydroxylation is 1. The van der Waals surface area contributed by atoms with Crippen LogP contribution in [-0.2, 0) is 18.8 Å². The van der Waals surface area contributed by atoms with E-state index in [9.17, 15) is 35.9 Å². The van der Waals surface area contributed by atoms with Crippen molar-refractivity contribution >= 4 is 17.5 Å². The second-order valence-corrected chi connectivity index (χ2v) is 9.86. The van der Waals surface area contributed by atoms with Gasteiger partial charge in [0.25, 0.3) is 11.8 Å². The first-order valence-electron chi connectivity index (χ1n) is 12.7. The maximum atomic E-state index is 13.6. The molecule has 3 N–H and O–H groups in total. The average Bonchev–Trinajstić information content (AvgIpc) is 2.95. The second-order valence-electron chi connectivity index (χ2n) is 9.86. The Hall–Kier alpha value is -4.74. The van der Waals surface area contributed by atoms with Gasteiger partial charge in [-0.15, -0.1) is 0 Å². The molecule has 2 aromatic carbocycles. The summed E-state index contributed by atoms with van der Waals surface area (Å²) in [6.07, 6.45) is -5.77. The number of alkyl halides is 6. The Morgan fingerprint density at radius 1 is 0.857 bits per heavy atom.